The first kappa shape index (κ1) is 23.8. The third-order valence-corrected chi connectivity index (χ3v) is 5.70. The van der Waals surface area contributed by atoms with Crippen LogP contribution in [-0.4, -0.2) is 5.54 Å². The van der Waals surface area contributed by atoms with Crippen molar-refractivity contribution in [2.45, 2.75) is 106 Å². The lowest BCUT2D eigenvalue weighted by Gasteiger charge is -2.33. The molecule has 27 heavy (non-hydrogen) atoms. The second kappa shape index (κ2) is 9.80. The second-order valence-corrected chi connectivity index (χ2v) is 10.3. The molecule has 0 amide bonds. The smallest absolute Gasteiger partial charge is 0.0562 e. The first-order chi connectivity index (χ1) is 12.4. The molecule has 1 atom stereocenters. The van der Waals surface area contributed by atoms with Gasteiger partial charge in [0, 0.05) is 5.70 Å². The van der Waals surface area contributed by atoms with Crippen LogP contribution in [0, 0.1) is 11.3 Å². The Kier molecular flexibility index (Phi) is 8.64. The molecule has 0 bridgehead atoms. The van der Waals surface area contributed by atoms with Gasteiger partial charge in [0.25, 0.3) is 0 Å². The van der Waals surface area contributed by atoms with E-state index in [9.17, 15) is 0 Å². The van der Waals surface area contributed by atoms with Crippen molar-refractivity contribution in [2.24, 2.45) is 11.3 Å². The van der Waals surface area contributed by atoms with Gasteiger partial charge in [-0.25, -0.2) is 0 Å². The SMILES string of the molecule is C=C(C)C/C(CC(C)(C)C)=C(\C)NC(C)(C)C(/C=C1/CCCC1CC)=C/C. The molecular formula is C26H45N. The Bertz CT molecular complexity index is 605. The van der Waals surface area contributed by atoms with E-state index in [2.05, 4.69) is 86.4 Å². The molecule has 0 aromatic carbocycles. The zero-order valence-electron chi connectivity index (χ0n) is 19.7. The molecule has 0 aliphatic heterocycles. The van der Waals surface area contributed by atoms with Gasteiger partial charge in [-0.2, -0.15) is 0 Å². The van der Waals surface area contributed by atoms with Gasteiger partial charge in [-0.3, -0.25) is 0 Å². The first-order valence-corrected chi connectivity index (χ1v) is 10.9. The minimum atomic E-state index is -0.0784. The van der Waals surface area contributed by atoms with Crippen molar-refractivity contribution in [1.29, 1.82) is 0 Å². The third kappa shape index (κ3) is 7.72. The summed E-state index contributed by atoms with van der Waals surface area (Å²) in [6, 6.07) is 0. The summed E-state index contributed by atoms with van der Waals surface area (Å²) in [4.78, 5) is 0. The van der Waals surface area contributed by atoms with Crippen molar-refractivity contribution in [3.05, 3.63) is 46.7 Å². The van der Waals surface area contributed by atoms with E-state index in [0.29, 0.717) is 0 Å². The van der Waals surface area contributed by atoms with E-state index >= 15 is 0 Å². The molecule has 1 saturated carbocycles. The predicted octanol–water partition coefficient (Wildman–Crippen LogP) is 8.11. The van der Waals surface area contributed by atoms with E-state index in [1.807, 2.05) is 0 Å². The van der Waals surface area contributed by atoms with Gasteiger partial charge in [-0.1, -0.05) is 57.6 Å². The average Bonchev–Trinajstić information content (AvgIpc) is 2.96. The molecule has 0 aromatic rings. The molecule has 1 unspecified atom stereocenters. The van der Waals surface area contributed by atoms with E-state index < -0.39 is 0 Å². The topological polar surface area (TPSA) is 12.0 Å². The number of rotatable bonds is 8. The van der Waals surface area contributed by atoms with Gasteiger partial charge in [0.2, 0.25) is 0 Å². The summed E-state index contributed by atoms with van der Waals surface area (Å²) < 4.78 is 0. The number of hydrogen-bond donors (Lipinski definition) is 1. The maximum atomic E-state index is 4.16. The highest BCUT2D eigenvalue weighted by Crippen LogP contribution is 2.36. The molecule has 154 valence electrons. The fourth-order valence-corrected chi connectivity index (χ4v) is 4.38. The van der Waals surface area contributed by atoms with Crippen LogP contribution in [0.2, 0.25) is 0 Å². The Morgan fingerprint density at radius 3 is 2.30 bits per heavy atom. The summed E-state index contributed by atoms with van der Waals surface area (Å²) in [5.74, 6) is 0.784. The van der Waals surface area contributed by atoms with Crippen LogP contribution in [0.1, 0.15) is 101 Å². The lowest BCUT2D eigenvalue weighted by Crippen LogP contribution is -2.40. The molecular weight excluding hydrogens is 326 g/mol. The molecule has 0 saturated heterocycles. The summed E-state index contributed by atoms with van der Waals surface area (Å²) in [7, 11) is 0. The molecule has 1 N–H and O–H groups in total. The fourth-order valence-electron chi connectivity index (χ4n) is 4.38. The molecule has 1 aliphatic rings. The maximum Gasteiger partial charge on any atom is 0.0562 e. The number of nitrogens with one attached hydrogen (secondary N) is 1. The highest BCUT2D eigenvalue weighted by molar-refractivity contribution is 5.35. The van der Waals surface area contributed by atoms with Crippen molar-refractivity contribution in [3.63, 3.8) is 0 Å². The number of hydrogen-bond acceptors (Lipinski definition) is 1. The van der Waals surface area contributed by atoms with Gasteiger partial charge in [0.1, 0.15) is 0 Å². The van der Waals surface area contributed by atoms with Crippen LogP contribution < -0.4 is 5.32 Å². The summed E-state index contributed by atoms with van der Waals surface area (Å²) in [6.45, 7) is 24.6. The average molecular weight is 372 g/mol. The lowest BCUT2D eigenvalue weighted by atomic mass is 9.84. The zero-order chi connectivity index (χ0) is 20.8. The van der Waals surface area contributed by atoms with Crippen molar-refractivity contribution < 1.29 is 0 Å². The third-order valence-electron chi connectivity index (χ3n) is 5.70. The van der Waals surface area contributed by atoms with Crippen molar-refractivity contribution >= 4 is 0 Å². The van der Waals surface area contributed by atoms with E-state index in [4.69, 9.17) is 0 Å². The normalized spacial score (nSPS) is 21.4. The molecule has 1 heteroatoms. The Hall–Kier alpha value is -1.24. The molecule has 0 spiro atoms. The highest BCUT2D eigenvalue weighted by atomic mass is 15.0. The molecule has 0 heterocycles. The van der Waals surface area contributed by atoms with Crippen molar-refractivity contribution in [2.75, 3.05) is 0 Å². The predicted molar refractivity (Wildman–Crippen MR) is 123 cm³/mol. The fraction of sp³-hybridized carbons (Fsp3) is 0.692. The molecule has 0 aromatic heterocycles. The minimum absolute atomic E-state index is 0.0784. The molecule has 1 fully saturated rings. The Labute approximate surface area is 170 Å². The Balaban J connectivity index is 3.12. The molecule has 1 aliphatic carbocycles. The minimum Gasteiger partial charge on any atom is -0.380 e. The quantitative estimate of drug-likeness (QED) is 0.425. The van der Waals surface area contributed by atoms with Crippen molar-refractivity contribution in [3.8, 4) is 0 Å². The van der Waals surface area contributed by atoms with Gasteiger partial charge in [0.05, 0.1) is 5.54 Å². The summed E-state index contributed by atoms with van der Waals surface area (Å²) in [5.41, 5.74) is 7.29. The van der Waals surface area contributed by atoms with Crippen molar-refractivity contribution in [1.82, 2.24) is 5.32 Å². The van der Waals surface area contributed by atoms with Crippen LogP contribution >= 0.6 is 0 Å². The van der Waals surface area contributed by atoms with Crippen LogP contribution in [0.15, 0.2) is 46.7 Å². The van der Waals surface area contributed by atoms with Gasteiger partial charge >= 0.3 is 0 Å². The highest BCUT2D eigenvalue weighted by Gasteiger charge is 2.26. The number of allylic oxidation sites excluding steroid dienone is 5. The van der Waals surface area contributed by atoms with Crippen LogP contribution in [0.25, 0.3) is 0 Å². The second-order valence-electron chi connectivity index (χ2n) is 10.3. The van der Waals surface area contributed by atoms with E-state index in [1.165, 1.54) is 48.1 Å². The largest absolute Gasteiger partial charge is 0.380 e. The van der Waals surface area contributed by atoms with Gasteiger partial charge in [-0.15, -0.1) is 0 Å². The van der Waals surface area contributed by atoms with Gasteiger partial charge in [-0.05, 0) is 95.6 Å². The maximum absolute atomic E-state index is 4.16. The van der Waals surface area contributed by atoms with Gasteiger partial charge in [0.15, 0.2) is 0 Å². The van der Waals surface area contributed by atoms with Crippen LogP contribution in [0.4, 0.5) is 0 Å². The summed E-state index contributed by atoms with van der Waals surface area (Å²) in [6.07, 6.45) is 12.1. The Morgan fingerprint density at radius 2 is 1.81 bits per heavy atom. The zero-order valence-corrected chi connectivity index (χ0v) is 19.7. The first-order valence-electron chi connectivity index (χ1n) is 10.9. The summed E-state index contributed by atoms with van der Waals surface area (Å²) in [5, 5.41) is 3.87. The molecule has 1 nitrogen and oxygen atoms in total. The molecule has 0 radical (unpaired) electrons. The standard InChI is InChI=1S/C26H45N/c1-11-21-14-13-15-22(21)17-24(12-2)26(9,10)27-20(5)23(16-19(3)4)18-25(6,7)8/h12,17,21,27H,3,11,13-16,18H2,1-2,4-10H3/b22-17-,23-20-,24-12+. The van der Waals surface area contributed by atoms with E-state index in [1.54, 1.807) is 5.57 Å². The van der Waals surface area contributed by atoms with E-state index in [0.717, 1.165) is 18.8 Å². The van der Waals surface area contributed by atoms with Crippen LogP contribution in [0.3, 0.4) is 0 Å². The summed E-state index contributed by atoms with van der Waals surface area (Å²) >= 11 is 0. The van der Waals surface area contributed by atoms with Crippen LogP contribution in [0.5, 0.6) is 0 Å². The lowest BCUT2D eigenvalue weighted by molar-refractivity contribution is 0.400. The van der Waals surface area contributed by atoms with Crippen LogP contribution in [-0.2, 0) is 0 Å². The monoisotopic (exact) mass is 371 g/mol. The Morgan fingerprint density at radius 1 is 1.19 bits per heavy atom. The molecule has 1 rings (SSSR count). The van der Waals surface area contributed by atoms with E-state index in [-0.39, 0.29) is 11.0 Å². The van der Waals surface area contributed by atoms with Gasteiger partial charge < -0.3 is 5.32 Å².